The molecule has 3 aromatic rings. The van der Waals surface area contributed by atoms with E-state index in [0.29, 0.717) is 10.6 Å². The van der Waals surface area contributed by atoms with Crippen LogP contribution < -0.4 is 5.14 Å². The second-order valence-corrected chi connectivity index (χ2v) is 7.72. The number of benzene rings is 2. The first-order chi connectivity index (χ1) is 12.5. The predicted molar refractivity (Wildman–Crippen MR) is 95.1 cm³/mol. The molecule has 0 amide bonds. The number of primary sulfonamides is 1. The topological polar surface area (TPSA) is 78.0 Å². The number of hydrogen-bond acceptors (Lipinski definition) is 3. The van der Waals surface area contributed by atoms with Gasteiger partial charge in [-0.1, -0.05) is 35.9 Å². The van der Waals surface area contributed by atoms with E-state index in [2.05, 4.69) is 5.10 Å². The average Bonchev–Trinajstić information content (AvgIpc) is 2.92. The van der Waals surface area contributed by atoms with Crippen LogP contribution in [-0.2, 0) is 16.2 Å². The predicted octanol–water partition coefficient (Wildman–Crippen LogP) is 4.17. The second kappa shape index (κ2) is 6.66. The van der Waals surface area contributed by atoms with Gasteiger partial charge in [0.2, 0.25) is 10.0 Å². The summed E-state index contributed by atoms with van der Waals surface area (Å²) in [5.41, 5.74) is -0.853. The molecule has 0 saturated carbocycles. The van der Waals surface area contributed by atoms with Crippen molar-refractivity contribution >= 4 is 21.6 Å². The lowest BCUT2D eigenvalue weighted by molar-refractivity contribution is -0.141. The quantitative estimate of drug-likeness (QED) is 0.697. The number of halogens is 4. The maximum absolute atomic E-state index is 13.4. The van der Waals surface area contributed by atoms with E-state index in [1.54, 1.807) is 0 Å². The molecule has 0 fully saturated rings. The van der Waals surface area contributed by atoms with Gasteiger partial charge in [-0.2, -0.15) is 18.3 Å². The first kappa shape index (κ1) is 19.4. The van der Waals surface area contributed by atoms with Crippen molar-refractivity contribution < 1.29 is 21.6 Å². The van der Waals surface area contributed by atoms with Crippen molar-refractivity contribution in [3.05, 3.63) is 64.8 Å². The molecular weight excluding hydrogens is 403 g/mol. The fourth-order valence-electron chi connectivity index (χ4n) is 2.76. The van der Waals surface area contributed by atoms with Gasteiger partial charge in [-0.15, -0.1) is 0 Å². The van der Waals surface area contributed by atoms with E-state index in [1.165, 1.54) is 55.5 Å². The highest BCUT2D eigenvalue weighted by Gasteiger charge is 2.38. The first-order valence-corrected chi connectivity index (χ1v) is 9.47. The first-order valence-electron chi connectivity index (χ1n) is 7.55. The lowest BCUT2D eigenvalue weighted by Gasteiger charge is -2.12. The molecule has 0 aliphatic rings. The molecule has 0 unspecified atom stereocenters. The van der Waals surface area contributed by atoms with Gasteiger partial charge in [0.25, 0.3) is 0 Å². The van der Waals surface area contributed by atoms with Crippen molar-refractivity contribution in [3.63, 3.8) is 0 Å². The number of sulfonamides is 1. The van der Waals surface area contributed by atoms with Gasteiger partial charge in [-0.05, 0) is 31.2 Å². The Bertz CT molecular complexity index is 1110. The zero-order valence-corrected chi connectivity index (χ0v) is 15.4. The van der Waals surface area contributed by atoms with Crippen molar-refractivity contribution in [2.75, 3.05) is 0 Å². The fourth-order valence-corrected chi connectivity index (χ4v) is 3.60. The summed E-state index contributed by atoms with van der Waals surface area (Å²) >= 11 is 5.86. The maximum Gasteiger partial charge on any atom is 0.435 e. The Morgan fingerprint density at radius 2 is 1.67 bits per heavy atom. The third-order valence-electron chi connectivity index (χ3n) is 3.91. The van der Waals surface area contributed by atoms with Crippen molar-refractivity contribution in [3.8, 4) is 16.9 Å². The Morgan fingerprint density at radius 1 is 1.07 bits per heavy atom. The van der Waals surface area contributed by atoms with Crippen LogP contribution in [0.15, 0.2) is 53.4 Å². The molecule has 3 rings (SSSR count). The van der Waals surface area contributed by atoms with Gasteiger partial charge in [0, 0.05) is 16.1 Å². The SMILES string of the molecule is Cc1c(C(F)(F)F)nn(-c2ccccc2S(N)(=O)=O)c1-c1ccc(Cl)cc1. The van der Waals surface area contributed by atoms with E-state index >= 15 is 0 Å². The summed E-state index contributed by atoms with van der Waals surface area (Å²) in [5.74, 6) is 0. The molecule has 0 bridgehead atoms. The Hall–Kier alpha value is -2.36. The molecule has 0 aliphatic heterocycles. The van der Waals surface area contributed by atoms with Crippen LogP contribution in [0.25, 0.3) is 16.9 Å². The zero-order chi connectivity index (χ0) is 20.0. The molecule has 0 saturated heterocycles. The van der Waals surface area contributed by atoms with Gasteiger partial charge in [0.05, 0.1) is 11.4 Å². The van der Waals surface area contributed by atoms with E-state index in [4.69, 9.17) is 16.7 Å². The van der Waals surface area contributed by atoms with Crippen molar-refractivity contribution in [1.29, 1.82) is 0 Å². The smallest absolute Gasteiger partial charge is 0.231 e. The molecule has 2 N–H and O–H groups in total. The molecule has 2 aromatic carbocycles. The standard InChI is InChI=1S/C17H13ClF3N3O2S/c1-10-15(11-6-8-12(18)9-7-11)24(23-16(10)17(19,20)21)13-4-2-3-5-14(13)27(22,25)26/h2-9H,1H3,(H2,22,25,26). The average molecular weight is 416 g/mol. The van der Waals surface area contributed by atoms with Gasteiger partial charge < -0.3 is 0 Å². The molecule has 0 aliphatic carbocycles. The van der Waals surface area contributed by atoms with Crippen LogP contribution in [0.2, 0.25) is 5.02 Å². The van der Waals surface area contributed by atoms with Crippen molar-refractivity contribution in [2.24, 2.45) is 5.14 Å². The maximum atomic E-state index is 13.4. The highest BCUT2D eigenvalue weighted by molar-refractivity contribution is 7.89. The van der Waals surface area contributed by atoms with Crippen LogP contribution in [0.3, 0.4) is 0 Å². The molecule has 1 heterocycles. The molecule has 0 spiro atoms. The lowest BCUT2D eigenvalue weighted by atomic mass is 10.1. The Labute approximate surface area is 158 Å². The summed E-state index contributed by atoms with van der Waals surface area (Å²) in [7, 11) is -4.19. The minimum atomic E-state index is -4.72. The molecule has 1 aromatic heterocycles. The molecule has 0 radical (unpaired) electrons. The molecule has 142 valence electrons. The van der Waals surface area contributed by atoms with Crippen molar-refractivity contribution in [2.45, 2.75) is 18.0 Å². The summed E-state index contributed by atoms with van der Waals surface area (Å²) in [6, 6.07) is 11.6. The summed E-state index contributed by atoms with van der Waals surface area (Å²) in [4.78, 5) is -0.337. The van der Waals surface area contributed by atoms with Gasteiger partial charge in [0.15, 0.2) is 5.69 Å². The molecule has 0 atom stereocenters. The highest BCUT2D eigenvalue weighted by Crippen LogP contribution is 2.38. The third-order valence-corrected chi connectivity index (χ3v) is 5.12. The number of aromatic nitrogens is 2. The van der Waals surface area contributed by atoms with E-state index in [9.17, 15) is 21.6 Å². The summed E-state index contributed by atoms with van der Waals surface area (Å²) < 4.78 is 65.1. The van der Waals surface area contributed by atoms with Gasteiger partial charge in [-0.25, -0.2) is 18.2 Å². The van der Waals surface area contributed by atoms with Crippen LogP contribution in [0.1, 0.15) is 11.3 Å². The highest BCUT2D eigenvalue weighted by atomic mass is 35.5. The molecule has 5 nitrogen and oxygen atoms in total. The monoisotopic (exact) mass is 415 g/mol. The van der Waals surface area contributed by atoms with Gasteiger partial charge >= 0.3 is 6.18 Å². The van der Waals surface area contributed by atoms with Crippen LogP contribution >= 0.6 is 11.6 Å². The zero-order valence-electron chi connectivity index (χ0n) is 13.8. The van der Waals surface area contributed by atoms with Gasteiger partial charge in [-0.3, -0.25) is 0 Å². The van der Waals surface area contributed by atoms with Crippen molar-refractivity contribution in [1.82, 2.24) is 9.78 Å². The van der Waals surface area contributed by atoms with Crippen LogP contribution in [0.4, 0.5) is 13.2 Å². The Balaban J connectivity index is 2.39. The molecule has 10 heteroatoms. The van der Waals surface area contributed by atoms with E-state index < -0.39 is 21.9 Å². The largest absolute Gasteiger partial charge is 0.435 e. The Morgan fingerprint density at radius 3 is 2.22 bits per heavy atom. The summed E-state index contributed by atoms with van der Waals surface area (Å²) in [5, 5.41) is 9.29. The molecule has 27 heavy (non-hydrogen) atoms. The number of rotatable bonds is 3. The number of alkyl halides is 3. The van der Waals surface area contributed by atoms with Crippen LogP contribution in [0, 0.1) is 6.92 Å². The number of nitrogens with two attached hydrogens (primary N) is 1. The summed E-state index contributed by atoms with van der Waals surface area (Å²) in [6.07, 6.45) is -4.72. The summed E-state index contributed by atoms with van der Waals surface area (Å²) in [6.45, 7) is 1.27. The van der Waals surface area contributed by atoms with E-state index in [1.807, 2.05) is 0 Å². The number of nitrogens with zero attached hydrogens (tertiary/aromatic N) is 2. The second-order valence-electron chi connectivity index (χ2n) is 5.75. The minimum absolute atomic E-state index is 0.0800. The normalized spacial score (nSPS) is 12.4. The fraction of sp³-hybridized carbons (Fsp3) is 0.118. The Kier molecular flexibility index (Phi) is 4.79. The lowest BCUT2D eigenvalue weighted by Crippen LogP contribution is -2.16. The third kappa shape index (κ3) is 3.71. The van der Waals surface area contributed by atoms with Crippen LogP contribution in [-0.4, -0.2) is 18.2 Å². The van der Waals surface area contributed by atoms with E-state index in [0.717, 1.165) is 4.68 Å². The number of para-hydroxylation sites is 1. The van der Waals surface area contributed by atoms with E-state index in [-0.39, 0.29) is 21.8 Å². The van der Waals surface area contributed by atoms with Crippen LogP contribution in [0.5, 0.6) is 0 Å². The number of hydrogen-bond donors (Lipinski definition) is 1. The minimum Gasteiger partial charge on any atom is -0.231 e. The molecular formula is C17H13ClF3N3O2S. The van der Waals surface area contributed by atoms with Gasteiger partial charge in [0.1, 0.15) is 4.90 Å².